The first-order valence-corrected chi connectivity index (χ1v) is 4.73. The minimum Gasteiger partial charge on any atom is -0.495 e. The highest BCUT2D eigenvalue weighted by Gasteiger charge is 2.11. The summed E-state index contributed by atoms with van der Waals surface area (Å²) >= 11 is 0. The van der Waals surface area contributed by atoms with Crippen molar-refractivity contribution in [3.63, 3.8) is 0 Å². The van der Waals surface area contributed by atoms with E-state index in [9.17, 15) is 4.79 Å². The number of nitrogens with two attached hydrogens (primary N) is 1. The molecule has 2 rings (SSSR count). The average Bonchev–Trinajstić information content (AvgIpc) is 2.71. The third kappa shape index (κ3) is 1.94. The number of nitrogen functional groups attached to an aromatic ring is 1. The number of aromatic nitrogens is 2. The summed E-state index contributed by atoms with van der Waals surface area (Å²) < 4.78 is 15.6. The normalized spacial score (nSPS) is 10.2. The first-order valence-electron chi connectivity index (χ1n) is 4.73. The number of benzene rings is 1. The highest BCUT2D eigenvalue weighted by atomic mass is 16.6. The molecule has 7 heteroatoms. The standard InChI is InChI=1S/C10H11N3O4/c1-15-8-5-6(3-4-7(8)11)13-10(14)17-9(12-13)16-2/h3-5H,11H2,1-2H3. The van der Waals surface area contributed by atoms with Crippen LogP contribution in [0.1, 0.15) is 0 Å². The predicted octanol–water partition coefficient (Wildman–Crippen LogP) is 0.425. The molecule has 0 unspecified atom stereocenters. The fourth-order valence-corrected chi connectivity index (χ4v) is 1.34. The van der Waals surface area contributed by atoms with Crippen molar-refractivity contribution >= 4 is 5.69 Å². The molecule has 90 valence electrons. The Bertz CT molecular complexity index is 587. The predicted molar refractivity (Wildman–Crippen MR) is 59.6 cm³/mol. The van der Waals surface area contributed by atoms with E-state index in [2.05, 4.69) is 5.10 Å². The summed E-state index contributed by atoms with van der Waals surface area (Å²) in [7, 11) is 2.85. The van der Waals surface area contributed by atoms with E-state index in [1.54, 1.807) is 18.2 Å². The molecule has 0 atom stereocenters. The maximum Gasteiger partial charge on any atom is 0.444 e. The van der Waals surface area contributed by atoms with E-state index in [0.29, 0.717) is 17.1 Å². The maximum atomic E-state index is 11.5. The molecule has 7 nitrogen and oxygen atoms in total. The van der Waals surface area contributed by atoms with Gasteiger partial charge in [0.1, 0.15) is 5.75 Å². The molecule has 0 saturated heterocycles. The van der Waals surface area contributed by atoms with Crippen LogP contribution >= 0.6 is 0 Å². The van der Waals surface area contributed by atoms with E-state index in [0.717, 1.165) is 4.68 Å². The quantitative estimate of drug-likeness (QED) is 0.778. The van der Waals surface area contributed by atoms with E-state index in [4.69, 9.17) is 19.6 Å². The van der Waals surface area contributed by atoms with Crippen LogP contribution in [0.4, 0.5) is 5.69 Å². The van der Waals surface area contributed by atoms with Crippen molar-refractivity contribution in [2.75, 3.05) is 20.0 Å². The van der Waals surface area contributed by atoms with Gasteiger partial charge in [-0.25, -0.2) is 4.79 Å². The molecule has 0 aliphatic rings. The molecule has 2 N–H and O–H groups in total. The first kappa shape index (κ1) is 11.1. The van der Waals surface area contributed by atoms with Gasteiger partial charge in [0.2, 0.25) is 0 Å². The summed E-state index contributed by atoms with van der Waals surface area (Å²) in [6.07, 6.45) is -0.106. The lowest BCUT2D eigenvalue weighted by molar-refractivity contribution is 0.282. The fourth-order valence-electron chi connectivity index (χ4n) is 1.34. The lowest BCUT2D eigenvalue weighted by Crippen LogP contribution is -2.13. The van der Waals surface area contributed by atoms with Crippen molar-refractivity contribution in [3.05, 3.63) is 28.7 Å². The lowest BCUT2D eigenvalue weighted by Gasteiger charge is -2.05. The second-order valence-corrected chi connectivity index (χ2v) is 3.18. The molecule has 2 aromatic rings. The number of hydrogen-bond acceptors (Lipinski definition) is 6. The topological polar surface area (TPSA) is 92.5 Å². The van der Waals surface area contributed by atoms with Crippen molar-refractivity contribution in [3.8, 4) is 17.5 Å². The van der Waals surface area contributed by atoms with Crippen molar-refractivity contribution in [1.29, 1.82) is 0 Å². The van der Waals surface area contributed by atoms with Crippen LogP contribution in [0.2, 0.25) is 0 Å². The molecule has 0 aliphatic carbocycles. The fraction of sp³-hybridized carbons (Fsp3) is 0.200. The highest BCUT2D eigenvalue weighted by molar-refractivity contribution is 5.57. The molecule has 0 bridgehead atoms. The summed E-state index contributed by atoms with van der Waals surface area (Å²) in [6, 6.07) is 4.82. The zero-order valence-corrected chi connectivity index (χ0v) is 9.34. The molecule has 0 radical (unpaired) electrons. The minimum absolute atomic E-state index is 0.106. The Kier molecular flexibility index (Phi) is 2.73. The van der Waals surface area contributed by atoms with E-state index < -0.39 is 5.76 Å². The zero-order valence-electron chi connectivity index (χ0n) is 9.34. The van der Waals surface area contributed by atoms with Crippen LogP contribution in [-0.4, -0.2) is 24.0 Å². The second-order valence-electron chi connectivity index (χ2n) is 3.18. The van der Waals surface area contributed by atoms with Gasteiger partial charge in [-0.05, 0) is 12.1 Å². The molecular weight excluding hydrogens is 226 g/mol. The van der Waals surface area contributed by atoms with Gasteiger partial charge >= 0.3 is 11.8 Å². The summed E-state index contributed by atoms with van der Waals surface area (Å²) in [5, 5.41) is 3.82. The highest BCUT2D eigenvalue weighted by Crippen LogP contribution is 2.23. The number of hydrogen-bond donors (Lipinski definition) is 1. The van der Waals surface area contributed by atoms with Crippen LogP contribution in [0.5, 0.6) is 11.8 Å². The van der Waals surface area contributed by atoms with Gasteiger partial charge in [-0.15, -0.1) is 0 Å². The van der Waals surface area contributed by atoms with Gasteiger partial charge < -0.3 is 19.6 Å². The molecule has 17 heavy (non-hydrogen) atoms. The Morgan fingerprint density at radius 1 is 1.35 bits per heavy atom. The SMILES string of the molecule is COc1nn(-c2ccc(N)c(OC)c2)c(=O)o1. The third-order valence-electron chi connectivity index (χ3n) is 2.17. The van der Waals surface area contributed by atoms with Crippen LogP contribution in [0.15, 0.2) is 27.4 Å². The van der Waals surface area contributed by atoms with E-state index in [1.165, 1.54) is 14.2 Å². The number of nitrogens with zero attached hydrogens (tertiary/aromatic N) is 2. The van der Waals surface area contributed by atoms with Crippen LogP contribution in [0, 0.1) is 0 Å². The number of methoxy groups -OCH3 is 2. The van der Waals surface area contributed by atoms with Gasteiger partial charge in [0.05, 0.1) is 25.6 Å². The van der Waals surface area contributed by atoms with E-state index in [-0.39, 0.29) is 6.08 Å². The zero-order chi connectivity index (χ0) is 12.4. The molecule has 0 fully saturated rings. The second kappa shape index (κ2) is 4.20. The average molecular weight is 237 g/mol. The maximum absolute atomic E-state index is 11.5. The molecule has 1 aromatic carbocycles. The van der Waals surface area contributed by atoms with Crippen LogP contribution in [0.3, 0.4) is 0 Å². The largest absolute Gasteiger partial charge is 0.495 e. The molecule has 0 amide bonds. The molecule has 1 heterocycles. The number of rotatable bonds is 3. The third-order valence-corrected chi connectivity index (χ3v) is 2.17. The lowest BCUT2D eigenvalue weighted by atomic mass is 10.2. The molecule has 0 aliphatic heterocycles. The van der Waals surface area contributed by atoms with Gasteiger partial charge in [0.15, 0.2) is 0 Å². The Morgan fingerprint density at radius 2 is 2.12 bits per heavy atom. The van der Waals surface area contributed by atoms with Crippen molar-refractivity contribution < 1.29 is 13.9 Å². The van der Waals surface area contributed by atoms with Crippen molar-refractivity contribution in [2.45, 2.75) is 0 Å². The summed E-state index contributed by atoms with van der Waals surface area (Å²) in [5.74, 6) is -0.190. The molecule has 0 spiro atoms. The summed E-state index contributed by atoms with van der Waals surface area (Å²) in [4.78, 5) is 11.5. The Hall–Kier alpha value is -2.44. The number of ether oxygens (including phenoxy) is 2. The van der Waals surface area contributed by atoms with Gasteiger partial charge in [-0.3, -0.25) is 0 Å². The van der Waals surface area contributed by atoms with Gasteiger partial charge in [0.25, 0.3) is 0 Å². The van der Waals surface area contributed by atoms with Crippen molar-refractivity contribution in [2.24, 2.45) is 0 Å². The minimum atomic E-state index is -0.645. The monoisotopic (exact) mass is 237 g/mol. The van der Waals surface area contributed by atoms with Gasteiger partial charge in [-0.2, -0.15) is 4.68 Å². The van der Waals surface area contributed by atoms with E-state index >= 15 is 0 Å². The molecular formula is C10H11N3O4. The Labute approximate surface area is 96.4 Å². The van der Waals surface area contributed by atoms with Crippen LogP contribution in [-0.2, 0) is 0 Å². The number of anilines is 1. The summed E-state index contributed by atoms with van der Waals surface area (Å²) in [5.41, 5.74) is 6.62. The van der Waals surface area contributed by atoms with Crippen molar-refractivity contribution in [1.82, 2.24) is 9.78 Å². The molecule has 1 aromatic heterocycles. The smallest absolute Gasteiger partial charge is 0.444 e. The molecule has 0 saturated carbocycles. The first-order chi connectivity index (χ1) is 8.15. The summed E-state index contributed by atoms with van der Waals surface area (Å²) in [6.45, 7) is 0. The van der Waals surface area contributed by atoms with E-state index in [1.807, 2.05) is 0 Å². The van der Waals surface area contributed by atoms with Crippen LogP contribution < -0.4 is 21.0 Å². The van der Waals surface area contributed by atoms with Crippen LogP contribution in [0.25, 0.3) is 5.69 Å². The van der Waals surface area contributed by atoms with Gasteiger partial charge in [0, 0.05) is 6.07 Å². The van der Waals surface area contributed by atoms with Gasteiger partial charge in [-0.1, -0.05) is 5.10 Å². The Morgan fingerprint density at radius 3 is 2.71 bits per heavy atom. The Balaban J connectivity index is 2.52.